The van der Waals surface area contributed by atoms with Gasteiger partial charge in [0.1, 0.15) is 0 Å². The van der Waals surface area contributed by atoms with Crippen LogP contribution in [0.3, 0.4) is 0 Å². The molecular weight excluding hydrogens is 1310 g/mol. The van der Waals surface area contributed by atoms with Gasteiger partial charge in [0.2, 0.25) is 0 Å². The van der Waals surface area contributed by atoms with E-state index < -0.39 is 24.8 Å². The molecule has 0 aromatic heterocycles. The first kappa shape index (κ1) is 54.0. The molecule has 5 nitrogen and oxygen atoms in total. The Morgan fingerprint density at radius 2 is 0.646 bits per heavy atom. The van der Waals surface area contributed by atoms with Crippen molar-refractivity contribution in [2.24, 2.45) is 0 Å². The Kier molecular flexibility index (Phi) is 15.1. The van der Waals surface area contributed by atoms with E-state index >= 15 is 0 Å². The molecule has 0 heterocycles. The summed E-state index contributed by atoms with van der Waals surface area (Å²) in [6, 6.07) is 84.4. The molecule has 0 bridgehead atoms. The maximum Gasteiger partial charge on any atom is 0.0488 e. The minimum atomic E-state index is -1.72. The van der Waals surface area contributed by atoms with E-state index in [2.05, 4.69) is 273 Å². The highest BCUT2D eigenvalue weighted by Gasteiger charge is 2.37. The summed E-state index contributed by atoms with van der Waals surface area (Å²) in [5.74, 6) is -1.40. The summed E-state index contributed by atoms with van der Waals surface area (Å²) in [5.41, 5.74) is 21.0. The van der Waals surface area contributed by atoms with Gasteiger partial charge in [-0.25, -0.2) is 42.4 Å². The van der Waals surface area contributed by atoms with E-state index in [1.165, 1.54) is 44.5 Å². The molecule has 0 amide bonds. The smallest absolute Gasteiger partial charge is 0.0488 e. The highest BCUT2D eigenvalue weighted by Crippen LogP contribution is 2.53. The summed E-state index contributed by atoms with van der Waals surface area (Å²) in [4.78, 5) is 6.98. The van der Waals surface area contributed by atoms with Crippen LogP contribution in [0.5, 0.6) is 0 Å². The molecule has 2 aliphatic carbocycles. The molecule has 0 saturated heterocycles. The first-order valence-electron chi connectivity index (χ1n) is 25.7. The van der Waals surface area contributed by atoms with Gasteiger partial charge < -0.3 is 23.8 Å². The minimum absolute atomic E-state index is 0.200. The molecule has 10 aromatic rings. The van der Waals surface area contributed by atoms with Crippen LogP contribution in [0.4, 0.5) is 51.2 Å². The van der Waals surface area contributed by atoms with Crippen molar-refractivity contribution in [1.82, 2.24) is 0 Å². The number of nitrogens with zero attached hydrogens (tertiary/aromatic N) is 3. The van der Waals surface area contributed by atoms with Crippen molar-refractivity contribution >= 4 is 151 Å². The number of halogens is 2. The highest BCUT2D eigenvalue weighted by atomic mass is 127. The summed E-state index contributed by atoms with van der Waals surface area (Å²) < 4.78 is 26.3. The summed E-state index contributed by atoms with van der Waals surface area (Å²) in [6.45, 7) is 5.93. The molecule has 0 saturated carbocycles. The van der Waals surface area contributed by atoms with Crippen LogP contribution in [0.15, 0.2) is 237 Å². The number of rotatable bonds is 12. The maximum atomic E-state index is 13.2. The van der Waals surface area contributed by atoms with Crippen LogP contribution in [0, 0.1) is 0 Å². The van der Waals surface area contributed by atoms with Gasteiger partial charge in [-0.1, -0.05) is 137 Å². The third-order valence-electron chi connectivity index (χ3n) is 15.5. The molecule has 13 heteroatoms. The average molecular weight is 1360 g/mol. The average Bonchev–Trinajstić information content (AvgIpc) is 4.04. The van der Waals surface area contributed by atoms with E-state index in [1.807, 2.05) is 48.5 Å². The second-order valence-electron chi connectivity index (χ2n) is 20.7. The normalized spacial score (nSPS) is 14.5. The predicted octanol–water partition coefficient (Wildman–Crippen LogP) is 20.0. The number of hydrogen-bond donors (Lipinski definition) is 0. The number of para-hydroxylation sites is 2. The van der Waals surface area contributed by atoms with Gasteiger partial charge in [-0.15, -0.1) is 0 Å². The summed E-state index contributed by atoms with van der Waals surface area (Å²) in [6.07, 6.45) is 0. The van der Waals surface area contributed by atoms with Crippen LogP contribution in [-0.4, -0.2) is 0 Å². The Bertz CT molecular complexity index is 4070. The molecule has 0 N–H and O–H groups in total. The monoisotopic (exact) mass is 1360 g/mol. The molecule has 2 atom stereocenters. The van der Waals surface area contributed by atoms with Crippen LogP contribution in [0.1, 0.15) is 49.9 Å². The summed E-state index contributed by atoms with van der Waals surface area (Å²) >= 11 is 15.0. The molecule has 0 spiro atoms. The van der Waals surface area contributed by atoms with E-state index in [0.717, 1.165) is 72.9 Å². The summed E-state index contributed by atoms with van der Waals surface area (Å²) in [5, 5.41) is 1.45. The topological polar surface area (TPSA) is 43.9 Å². The molecule has 392 valence electrons. The largest absolute Gasteiger partial charge is 0.311 e. The molecular formula is C66H51I2N3O2P2S4-2. The van der Waals surface area contributed by atoms with Gasteiger partial charge in [0.05, 0.1) is 0 Å². The van der Waals surface area contributed by atoms with Gasteiger partial charge in [0, 0.05) is 85.8 Å². The van der Waals surface area contributed by atoms with Gasteiger partial charge >= 0.3 is 0 Å². The van der Waals surface area contributed by atoms with E-state index in [0.29, 0.717) is 0 Å². The number of benzene rings is 10. The second kappa shape index (κ2) is 22.0. The lowest BCUT2D eigenvalue weighted by Crippen LogP contribution is -2.17. The zero-order chi connectivity index (χ0) is 54.7. The molecule has 12 rings (SSSR count). The quantitative estimate of drug-likeness (QED) is 0.0523. The van der Waals surface area contributed by atoms with Gasteiger partial charge in [-0.05, 0) is 183 Å². The van der Waals surface area contributed by atoms with Crippen molar-refractivity contribution in [3.05, 3.63) is 259 Å². The fourth-order valence-corrected chi connectivity index (χ4v) is 20.1. The highest BCUT2D eigenvalue weighted by molar-refractivity contribution is 14.2. The second-order valence-corrected chi connectivity index (χ2v) is 44.3. The van der Waals surface area contributed by atoms with Crippen LogP contribution >= 0.6 is 55.6 Å². The Labute approximate surface area is 500 Å². The Hall–Kier alpha value is -5.60. The fraction of sp³-hybridized carbons (Fsp3) is 0.0909. The first-order chi connectivity index (χ1) is 38.2. The van der Waals surface area contributed by atoms with Crippen LogP contribution in [0.25, 0.3) is 33.4 Å². The fourth-order valence-electron chi connectivity index (χ4n) is 11.6. The zero-order valence-corrected chi connectivity index (χ0v) is 52.8. The zero-order valence-electron chi connectivity index (χ0n) is 43.5. The first-order valence-corrected chi connectivity index (χ1v) is 38.8. The maximum absolute atomic E-state index is 13.2. The molecule has 0 aliphatic heterocycles. The lowest BCUT2D eigenvalue weighted by molar-refractivity contribution is 0.601. The SMILES string of the molecule is CC1(C)c2ccccc2-c2ccc(N(c3ccccc3)c3cc(-c4ccc(N(c5ccc(P(=O)=[S-](=S)I)cc5)c5ccc(P(=O)=[S-](=S)I)cc5)cc4)cc(N(c4ccccc4)c4ccc5c(c4)C(C)(C)c4ccccc4-5)c3)cc21. The standard InChI is InChI=1S/C66H51I2N3O2P2S4/c1-65(2)61-21-13-11-19-57(61)59-37-31-51(42-63(59)65)70(46-15-7-5-8-16-46)53-39-45(40-54(41-53)71(47-17-9-6-10-18-47)52-32-38-60-58-20-12-14-22-62(58)66(3,4)64(60)43-52)44-23-25-48(26-24-44)69(49-27-33-55(34-28-49)74(72)78(67)76)50-29-35-56(36-30-50)75(73)79(68)77/h5-43H,1-4H3/q-2. The minimum Gasteiger partial charge on any atom is -0.311 e. The Morgan fingerprint density at radius 3 is 1.04 bits per heavy atom. The van der Waals surface area contributed by atoms with E-state index in [4.69, 9.17) is 22.4 Å². The van der Waals surface area contributed by atoms with Crippen molar-refractivity contribution in [3.63, 3.8) is 0 Å². The van der Waals surface area contributed by atoms with Gasteiger partial charge in [-0.2, -0.15) is 0 Å². The van der Waals surface area contributed by atoms with Gasteiger partial charge in [0.15, 0.2) is 0 Å². The van der Waals surface area contributed by atoms with E-state index in [1.54, 1.807) is 0 Å². The van der Waals surface area contributed by atoms with Crippen molar-refractivity contribution < 1.29 is 9.13 Å². The van der Waals surface area contributed by atoms with E-state index in [-0.39, 0.29) is 10.8 Å². The molecule has 0 radical (unpaired) electrons. The Balaban J connectivity index is 1.05. The third-order valence-corrected chi connectivity index (χ3v) is 29.1. The summed E-state index contributed by atoms with van der Waals surface area (Å²) in [7, 11) is 0. The molecule has 10 aromatic carbocycles. The molecule has 79 heavy (non-hydrogen) atoms. The third kappa shape index (κ3) is 10.1. The van der Waals surface area contributed by atoms with Crippen molar-refractivity contribution in [3.8, 4) is 33.4 Å². The lowest BCUT2D eigenvalue weighted by Gasteiger charge is -2.32. The Morgan fingerprint density at radius 1 is 0.329 bits per heavy atom. The van der Waals surface area contributed by atoms with Crippen LogP contribution < -0.4 is 25.3 Å². The molecule has 2 unspecified atom stereocenters. The number of anilines is 9. The number of hydrogen-bond acceptors (Lipinski definition) is 9. The molecule has 2 aliphatic rings. The van der Waals surface area contributed by atoms with Crippen LogP contribution in [0.2, 0.25) is 0 Å². The lowest BCUT2D eigenvalue weighted by atomic mass is 9.82. The van der Waals surface area contributed by atoms with Crippen molar-refractivity contribution in [1.29, 1.82) is 0 Å². The number of fused-ring (bicyclic) bond motifs is 6. The predicted molar refractivity (Wildman–Crippen MR) is 363 cm³/mol. The van der Waals surface area contributed by atoms with Gasteiger partial charge in [-0.3, -0.25) is 34.0 Å². The van der Waals surface area contributed by atoms with Crippen molar-refractivity contribution in [2.75, 3.05) is 14.7 Å². The van der Waals surface area contributed by atoms with Gasteiger partial charge in [0.25, 0.3) is 0 Å². The van der Waals surface area contributed by atoms with Crippen LogP contribution in [-0.2, 0) is 53.9 Å². The van der Waals surface area contributed by atoms with E-state index in [9.17, 15) is 9.13 Å². The molecule has 0 fully saturated rings. The van der Waals surface area contributed by atoms with Crippen molar-refractivity contribution in [2.45, 2.75) is 38.5 Å².